The number of hydrogen-bond acceptors (Lipinski definition) is 3. The fourth-order valence-corrected chi connectivity index (χ4v) is 2.13. The van der Waals surface area contributed by atoms with Gasteiger partial charge in [-0.25, -0.2) is 0 Å². The Hall–Kier alpha value is -0.570. The predicted molar refractivity (Wildman–Crippen MR) is 53.1 cm³/mol. The normalized spacial score (nSPS) is 25.2. The van der Waals surface area contributed by atoms with Gasteiger partial charge in [0.25, 0.3) is 0 Å². The zero-order chi connectivity index (χ0) is 9.15. The second-order valence-corrected chi connectivity index (χ2v) is 4.12. The average molecular weight is 182 g/mol. The molecule has 3 heteroatoms. The minimum Gasteiger partial charge on any atom is -0.382 e. The summed E-state index contributed by atoms with van der Waals surface area (Å²) in [6.45, 7) is 1.83. The molecular formula is C10H18N2O. The number of methoxy groups -OCH3 is 1. The maximum absolute atomic E-state index is 5.24. The molecule has 0 atom stereocenters. The van der Waals surface area contributed by atoms with E-state index >= 15 is 0 Å². The van der Waals surface area contributed by atoms with Gasteiger partial charge in [-0.1, -0.05) is 0 Å². The van der Waals surface area contributed by atoms with Gasteiger partial charge < -0.3 is 10.1 Å². The molecule has 0 amide bonds. The molecule has 3 nitrogen and oxygen atoms in total. The quantitative estimate of drug-likeness (QED) is 0.714. The van der Waals surface area contributed by atoms with Crippen LogP contribution in [-0.2, 0) is 4.74 Å². The van der Waals surface area contributed by atoms with Crippen LogP contribution in [0.15, 0.2) is 4.99 Å². The van der Waals surface area contributed by atoms with E-state index in [1.54, 1.807) is 7.11 Å². The van der Waals surface area contributed by atoms with Gasteiger partial charge in [-0.05, 0) is 25.7 Å². The molecule has 1 aliphatic heterocycles. The van der Waals surface area contributed by atoms with E-state index in [1.165, 1.54) is 31.5 Å². The number of nitrogens with zero attached hydrogens (tertiary/aromatic N) is 1. The maximum Gasteiger partial charge on any atom is 0.0968 e. The van der Waals surface area contributed by atoms with Gasteiger partial charge in [0, 0.05) is 20.1 Å². The fraction of sp³-hybridized carbons (Fsp3) is 0.900. The lowest BCUT2D eigenvalue weighted by Crippen LogP contribution is -2.56. The second-order valence-electron chi connectivity index (χ2n) is 4.12. The molecule has 0 aromatic carbocycles. The molecule has 2 aliphatic rings. The first kappa shape index (κ1) is 9.00. The molecule has 0 aromatic rings. The number of rotatable bonds is 3. The first-order valence-electron chi connectivity index (χ1n) is 5.15. The number of nitrogens with one attached hydrogen (secondary N) is 1. The summed E-state index contributed by atoms with van der Waals surface area (Å²) in [5.74, 6) is 1.21. The standard InChI is InChI=1S/C10H18N2O/c1-13-8-10(5-3-6-10)12-9-4-2-7-11-9/h2-8H2,1H3,(H,11,12). The van der Waals surface area contributed by atoms with Gasteiger partial charge in [-0.15, -0.1) is 0 Å². The third kappa shape index (κ3) is 1.85. The third-order valence-corrected chi connectivity index (χ3v) is 3.02. The lowest BCUT2D eigenvalue weighted by atomic mass is 9.77. The Morgan fingerprint density at radius 2 is 2.31 bits per heavy atom. The zero-order valence-electron chi connectivity index (χ0n) is 8.31. The molecule has 0 bridgehead atoms. The first-order valence-corrected chi connectivity index (χ1v) is 5.15. The molecule has 13 heavy (non-hydrogen) atoms. The van der Waals surface area contributed by atoms with Crippen molar-refractivity contribution in [3.05, 3.63) is 0 Å². The number of amidine groups is 1. The van der Waals surface area contributed by atoms with Crippen LogP contribution in [-0.4, -0.2) is 31.6 Å². The van der Waals surface area contributed by atoms with E-state index < -0.39 is 0 Å². The van der Waals surface area contributed by atoms with Crippen molar-refractivity contribution in [1.29, 1.82) is 0 Å². The van der Waals surface area contributed by atoms with Crippen molar-refractivity contribution in [3.8, 4) is 0 Å². The molecule has 0 aromatic heterocycles. The maximum atomic E-state index is 5.24. The molecule has 0 radical (unpaired) electrons. The Bertz CT molecular complexity index is 209. The molecule has 1 heterocycles. The predicted octanol–water partition coefficient (Wildman–Crippen LogP) is 1.34. The van der Waals surface area contributed by atoms with E-state index in [0.717, 1.165) is 19.6 Å². The van der Waals surface area contributed by atoms with Gasteiger partial charge >= 0.3 is 0 Å². The smallest absolute Gasteiger partial charge is 0.0968 e. The highest BCUT2D eigenvalue weighted by atomic mass is 16.5. The van der Waals surface area contributed by atoms with Crippen LogP contribution in [0.3, 0.4) is 0 Å². The minimum absolute atomic E-state index is 0.234. The summed E-state index contributed by atoms with van der Waals surface area (Å²) in [5, 5.41) is 3.55. The van der Waals surface area contributed by atoms with Crippen LogP contribution in [0.2, 0.25) is 0 Å². The van der Waals surface area contributed by atoms with Crippen molar-refractivity contribution in [2.75, 3.05) is 20.3 Å². The Balaban J connectivity index is 1.89. The van der Waals surface area contributed by atoms with Crippen molar-refractivity contribution in [3.63, 3.8) is 0 Å². The molecule has 0 saturated heterocycles. The van der Waals surface area contributed by atoms with Crippen LogP contribution in [0.5, 0.6) is 0 Å². The highest BCUT2D eigenvalue weighted by Gasteiger charge is 2.37. The molecule has 0 unspecified atom stereocenters. The van der Waals surface area contributed by atoms with Crippen LogP contribution in [0.4, 0.5) is 0 Å². The van der Waals surface area contributed by atoms with Gasteiger partial charge in [0.2, 0.25) is 0 Å². The summed E-state index contributed by atoms with van der Waals surface area (Å²) >= 11 is 0. The first-order chi connectivity index (χ1) is 6.35. The fourth-order valence-electron chi connectivity index (χ4n) is 2.13. The molecule has 2 rings (SSSR count). The zero-order valence-corrected chi connectivity index (χ0v) is 8.31. The Morgan fingerprint density at radius 3 is 2.77 bits per heavy atom. The summed E-state index contributed by atoms with van der Waals surface area (Å²) < 4.78 is 5.24. The lowest BCUT2D eigenvalue weighted by Gasteiger charge is -2.42. The number of hydrogen-bond donors (Lipinski definition) is 1. The third-order valence-electron chi connectivity index (χ3n) is 3.02. The van der Waals surface area contributed by atoms with Gasteiger partial charge in [0.05, 0.1) is 18.0 Å². The molecule has 74 valence electrons. The van der Waals surface area contributed by atoms with E-state index in [4.69, 9.17) is 4.74 Å². The lowest BCUT2D eigenvalue weighted by molar-refractivity contribution is 0.0702. The highest BCUT2D eigenvalue weighted by molar-refractivity contribution is 5.84. The summed E-state index contributed by atoms with van der Waals surface area (Å²) in [4.78, 5) is 4.43. The summed E-state index contributed by atoms with van der Waals surface area (Å²) in [6, 6.07) is 0. The molecular weight excluding hydrogens is 164 g/mol. The summed E-state index contributed by atoms with van der Waals surface area (Å²) in [7, 11) is 1.78. The van der Waals surface area contributed by atoms with Crippen LogP contribution < -0.4 is 5.32 Å². The minimum atomic E-state index is 0.234. The summed E-state index contributed by atoms with van der Waals surface area (Å²) in [6.07, 6.45) is 6.14. The van der Waals surface area contributed by atoms with E-state index in [-0.39, 0.29) is 5.54 Å². The molecule has 1 aliphatic carbocycles. The van der Waals surface area contributed by atoms with Gasteiger partial charge in [0.1, 0.15) is 0 Å². The summed E-state index contributed by atoms with van der Waals surface area (Å²) in [5.41, 5.74) is 0.234. The SMILES string of the molecule is COCC1(NC2=NCCC2)CCC1. The van der Waals surface area contributed by atoms with Crippen molar-refractivity contribution in [2.24, 2.45) is 4.99 Å². The molecule has 1 N–H and O–H groups in total. The van der Waals surface area contributed by atoms with E-state index in [2.05, 4.69) is 10.3 Å². The highest BCUT2D eigenvalue weighted by Crippen LogP contribution is 2.32. The Morgan fingerprint density at radius 1 is 1.46 bits per heavy atom. The van der Waals surface area contributed by atoms with Crippen LogP contribution in [0.1, 0.15) is 32.1 Å². The molecule has 1 fully saturated rings. The van der Waals surface area contributed by atoms with Crippen LogP contribution in [0, 0.1) is 0 Å². The number of aliphatic imine (C=N–C) groups is 1. The number of ether oxygens (including phenoxy) is 1. The van der Waals surface area contributed by atoms with Crippen molar-refractivity contribution < 1.29 is 4.74 Å². The Labute approximate surface area is 79.6 Å². The topological polar surface area (TPSA) is 33.6 Å². The van der Waals surface area contributed by atoms with Crippen molar-refractivity contribution in [2.45, 2.75) is 37.6 Å². The molecule has 0 spiro atoms. The van der Waals surface area contributed by atoms with Crippen molar-refractivity contribution >= 4 is 5.84 Å². The van der Waals surface area contributed by atoms with Crippen LogP contribution >= 0.6 is 0 Å². The second kappa shape index (κ2) is 3.66. The molecule has 1 saturated carbocycles. The van der Waals surface area contributed by atoms with Gasteiger partial charge in [-0.2, -0.15) is 0 Å². The van der Waals surface area contributed by atoms with Crippen molar-refractivity contribution in [1.82, 2.24) is 5.32 Å². The Kier molecular flexibility index (Phi) is 2.54. The average Bonchev–Trinajstić information content (AvgIpc) is 2.53. The largest absolute Gasteiger partial charge is 0.382 e. The van der Waals surface area contributed by atoms with E-state index in [0.29, 0.717) is 0 Å². The van der Waals surface area contributed by atoms with Gasteiger partial charge in [-0.3, -0.25) is 4.99 Å². The monoisotopic (exact) mass is 182 g/mol. The van der Waals surface area contributed by atoms with Crippen LogP contribution in [0.25, 0.3) is 0 Å². The van der Waals surface area contributed by atoms with E-state index in [1.807, 2.05) is 0 Å². The van der Waals surface area contributed by atoms with E-state index in [9.17, 15) is 0 Å². The van der Waals surface area contributed by atoms with Gasteiger partial charge in [0.15, 0.2) is 0 Å².